The molecule has 0 aromatic carbocycles. The third kappa shape index (κ3) is 1.05. The molecule has 0 aliphatic heterocycles. The molecule has 0 bridgehead atoms. The van der Waals surface area contributed by atoms with Gasteiger partial charge in [-0.15, -0.1) is 0 Å². The molecule has 50 valence electrons. The van der Waals surface area contributed by atoms with Crippen LogP contribution in [0.4, 0.5) is 5.69 Å². The fraction of sp³-hybridized carbons (Fsp3) is 0.500. The Morgan fingerprint density at radius 1 is 1.67 bits per heavy atom. The molecular formula is C6H10N2S. The number of hydrogen-bond donors (Lipinski definition) is 1. The minimum atomic E-state index is 0.877. The Kier molecular flexibility index (Phi) is 1.71. The number of nitrogen functional groups attached to an aromatic ring is 1. The summed E-state index contributed by atoms with van der Waals surface area (Å²) in [6.45, 7) is 4.05. The second-order valence-electron chi connectivity index (χ2n) is 1.95. The van der Waals surface area contributed by atoms with Crippen LogP contribution in [0.5, 0.6) is 0 Å². The Labute approximate surface area is 58.9 Å². The van der Waals surface area contributed by atoms with Crippen LogP contribution in [0, 0.1) is 6.92 Å². The zero-order chi connectivity index (χ0) is 6.85. The molecule has 0 fully saturated rings. The topological polar surface area (TPSA) is 38.9 Å². The fourth-order valence-electron chi connectivity index (χ4n) is 0.680. The molecule has 0 aliphatic carbocycles. The van der Waals surface area contributed by atoms with E-state index < -0.39 is 0 Å². The van der Waals surface area contributed by atoms with Gasteiger partial charge in [-0.05, 0) is 24.9 Å². The number of anilines is 1. The van der Waals surface area contributed by atoms with Crippen molar-refractivity contribution in [3.8, 4) is 0 Å². The molecule has 0 atom stereocenters. The second kappa shape index (κ2) is 2.35. The van der Waals surface area contributed by atoms with E-state index in [0.29, 0.717) is 0 Å². The molecule has 0 spiro atoms. The predicted molar refractivity (Wildman–Crippen MR) is 40.6 cm³/mol. The summed E-state index contributed by atoms with van der Waals surface area (Å²) in [6, 6.07) is 0. The summed E-state index contributed by atoms with van der Waals surface area (Å²) in [7, 11) is 0. The van der Waals surface area contributed by atoms with Gasteiger partial charge in [0.2, 0.25) is 0 Å². The summed E-state index contributed by atoms with van der Waals surface area (Å²) in [5, 5.41) is 0. The van der Waals surface area contributed by atoms with Crippen LogP contribution in [0.15, 0.2) is 0 Å². The van der Waals surface area contributed by atoms with Crippen LogP contribution < -0.4 is 5.73 Å². The van der Waals surface area contributed by atoms with Crippen molar-refractivity contribution in [2.75, 3.05) is 5.73 Å². The van der Waals surface area contributed by atoms with Gasteiger partial charge in [0.15, 0.2) is 0 Å². The molecule has 1 rings (SSSR count). The maximum absolute atomic E-state index is 5.66. The molecule has 0 amide bonds. The molecule has 0 saturated heterocycles. The van der Waals surface area contributed by atoms with Gasteiger partial charge in [0.25, 0.3) is 0 Å². The standard InChI is InChI=1S/C6H10N2S/c1-3-5-6(7)4(2)9-8-5/h3,7H2,1-2H3. The van der Waals surface area contributed by atoms with Crippen LogP contribution >= 0.6 is 11.5 Å². The van der Waals surface area contributed by atoms with Crippen molar-refractivity contribution in [2.24, 2.45) is 0 Å². The molecule has 1 aromatic heterocycles. The zero-order valence-corrected chi connectivity index (χ0v) is 6.46. The van der Waals surface area contributed by atoms with Crippen LogP contribution in [-0.2, 0) is 6.42 Å². The van der Waals surface area contributed by atoms with Crippen molar-refractivity contribution in [2.45, 2.75) is 20.3 Å². The SMILES string of the molecule is CCc1nsc(C)c1N. The van der Waals surface area contributed by atoms with Crippen LogP contribution in [-0.4, -0.2) is 4.37 Å². The average Bonchev–Trinajstić information content (AvgIpc) is 2.15. The first-order valence-corrected chi connectivity index (χ1v) is 3.73. The molecule has 3 heteroatoms. The van der Waals surface area contributed by atoms with E-state index in [9.17, 15) is 0 Å². The largest absolute Gasteiger partial charge is 0.396 e. The smallest absolute Gasteiger partial charge is 0.0771 e. The van der Waals surface area contributed by atoms with E-state index in [-0.39, 0.29) is 0 Å². The number of nitrogens with zero attached hydrogens (tertiary/aromatic N) is 1. The number of rotatable bonds is 1. The van der Waals surface area contributed by atoms with E-state index in [2.05, 4.69) is 11.3 Å². The highest BCUT2D eigenvalue weighted by atomic mass is 32.1. The van der Waals surface area contributed by atoms with Crippen molar-refractivity contribution in [3.63, 3.8) is 0 Å². The molecule has 0 unspecified atom stereocenters. The Hall–Kier alpha value is -0.570. The first-order valence-electron chi connectivity index (χ1n) is 2.96. The van der Waals surface area contributed by atoms with Gasteiger partial charge in [-0.2, -0.15) is 4.37 Å². The highest BCUT2D eigenvalue weighted by Crippen LogP contribution is 2.19. The summed E-state index contributed by atoms with van der Waals surface area (Å²) in [5.41, 5.74) is 7.58. The molecule has 0 saturated carbocycles. The van der Waals surface area contributed by atoms with Gasteiger partial charge < -0.3 is 5.73 Å². The van der Waals surface area contributed by atoms with Gasteiger partial charge in [-0.25, -0.2) is 0 Å². The lowest BCUT2D eigenvalue weighted by molar-refractivity contribution is 1.09. The van der Waals surface area contributed by atoms with E-state index in [1.165, 1.54) is 11.5 Å². The summed E-state index contributed by atoms with van der Waals surface area (Å²) in [5.74, 6) is 0. The summed E-state index contributed by atoms with van der Waals surface area (Å²) >= 11 is 1.48. The Bertz CT molecular complexity index is 205. The predicted octanol–water partition coefficient (Wildman–Crippen LogP) is 1.60. The first kappa shape index (κ1) is 6.55. The molecule has 2 nitrogen and oxygen atoms in total. The number of aromatic nitrogens is 1. The Morgan fingerprint density at radius 3 is 2.56 bits per heavy atom. The zero-order valence-electron chi connectivity index (χ0n) is 5.64. The maximum atomic E-state index is 5.66. The molecular weight excluding hydrogens is 132 g/mol. The lowest BCUT2D eigenvalue weighted by atomic mass is 10.3. The molecule has 0 aliphatic rings. The maximum Gasteiger partial charge on any atom is 0.0771 e. The summed E-state index contributed by atoms with van der Waals surface area (Å²) in [4.78, 5) is 1.13. The van der Waals surface area contributed by atoms with Crippen molar-refractivity contribution < 1.29 is 0 Å². The summed E-state index contributed by atoms with van der Waals surface area (Å²) in [6.07, 6.45) is 0.941. The minimum Gasteiger partial charge on any atom is -0.396 e. The minimum absolute atomic E-state index is 0.877. The van der Waals surface area contributed by atoms with Crippen molar-refractivity contribution in [3.05, 3.63) is 10.6 Å². The average molecular weight is 142 g/mol. The fourth-order valence-corrected chi connectivity index (χ4v) is 1.37. The molecule has 1 aromatic rings. The monoisotopic (exact) mass is 142 g/mol. The number of aryl methyl sites for hydroxylation is 2. The quantitative estimate of drug-likeness (QED) is 0.646. The molecule has 2 N–H and O–H groups in total. The van der Waals surface area contributed by atoms with Crippen molar-refractivity contribution >= 4 is 17.2 Å². The van der Waals surface area contributed by atoms with E-state index in [1.54, 1.807) is 0 Å². The lowest BCUT2D eigenvalue weighted by Crippen LogP contribution is -1.89. The van der Waals surface area contributed by atoms with E-state index >= 15 is 0 Å². The van der Waals surface area contributed by atoms with Gasteiger partial charge in [0.05, 0.1) is 11.4 Å². The highest BCUT2D eigenvalue weighted by molar-refractivity contribution is 7.06. The van der Waals surface area contributed by atoms with E-state index in [4.69, 9.17) is 5.73 Å². The number of nitrogens with two attached hydrogens (primary N) is 1. The Balaban J connectivity index is 3.04. The van der Waals surface area contributed by atoms with Crippen molar-refractivity contribution in [1.82, 2.24) is 4.37 Å². The first-order chi connectivity index (χ1) is 4.25. The number of hydrogen-bond acceptors (Lipinski definition) is 3. The highest BCUT2D eigenvalue weighted by Gasteiger charge is 2.02. The summed E-state index contributed by atoms with van der Waals surface area (Å²) < 4.78 is 4.15. The van der Waals surface area contributed by atoms with Crippen LogP contribution in [0.1, 0.15) is 17.5 Å². The van der Waals surface area contributed by atoms with Crippen LogP contribution in [0.2, 0.25) is 0 Å². The second-order valence-corrected chi connectivity index (χ2v) is 2.93. The lowest BCUT2D eigenvalue weighted by Gasteiger charge is -1.89. The van der Waals surface area contributed by atoms with Crippen molar-refractivity contribution in [1.29, 1.82) is 0 Å². The molecule has 9 heavy (non-hydrogen) atoms. The third-order valence-corrected chi connectivity index (χ3v) is 2.12. The molecule has 1 heterocycles. The van der Waals surface area contributed by atoms with Gasteiger partial charge in [0, 0.05) is 4.88 Å². The van der Waals surface area contributed by atoms with E-state index in [1.807, 2.05) is 6.92 Å². The molecule has 0 radical (unpaired) electrons. The van der Waals surface area contributed by atoms with E-state index in [0.717, 1.165) is 22.7 Å². The Morgan fingerprint density at radius 2 is 2.33 bits per heavy atom. The van der Waals surface area contributed by atoms with Gasteiger partial charge >= 0.3 is 0 Å². The van der Waals surface area contributed by atoms with Crippen LogP contribution in [0.3, 0.4) is 0 Å². The van der Waals surface area contributed by atoms with Crippen LogP contribution in [0.25, 0.3) is 0 Å². The van der Waals surface area contributed by atoms with Gasteiger partial charge in [0.1, 0.15) is 0 Å². The van der Waals surface area contributed by atoms with Gasteiger partial charge in [-0.3, -0.25) is 0 Å². The normalized spacial score (nSPS) is 10.0. The van der Waals surface area contributed by atoms with Gasteiger partial charge in [-0.1, -0.05) is 6.92 Å². The third-order valence-electron chi connectivity index (χ3n) is 1.32.